The summed E-state index contributed by atoms with van der Waals surface area (Å²) in [5, 5.41) is 9.95. The molecule has 0 aromatic heterocycles. The molecule has 6 nitrogen and oxygen atoms in total. The van der Waals surface area contributed by atoms with Crippen LogP contribution in [0.25, 0.3) is 0 Å². The summed E-state index contributed by atoms with van der Waals surface area (Å²) >= 11 is 0. The van der Waals surface area contributed by atoms with Crippen LogP contribution in [0.5, 0.6) is 34.5 Å². The van der Waals surface area contributed by atoms with Gasteiger partial charge in [0.25, 0.3) is 0 Å². The van der Waals surface area contributed by atoms with Gasteiger partial charge in [0.1, 0.15) is 11.5 Å². The number of methoxy groups -OCH3 is 2. The maximum atomic E-state index is 12.0. The van der Waals surface area contributed by atoms with E-state index < -0.39 is 5.97 Å². The Balaban J connectivity index is 2.02. The summed E-state index contributed by atoms with van der Waals surface area (Å²) in [6, 6.07) is 17.3. The highest BCUT2D eigenvalue weighted by molar-refractivity contribution is 5.74. The van der Waals surface area contributed by atoms with Crippen LogP contribution < -0.4 is 18.9 Å². The number of hydrogen-bond donors (Lipinski definition) is 1. The van der Waals surface area contributed by atoms with E-state index in [0.717, 1.165) is 0 Å². The Bertz CT molecular complexity index is 1130. The van der Waals surface area contributed by atoms with E-state index in [-0.39, 0.29) is 17.9 Å². The summed E-state index contributed by atoms with van der Waals surface area (Å²) in [4.78, 5) is 12.0. The van der Waals surface area contributed by atoms with Crippen molar-refractivity contribution in [1.29, 1.82) is 0 Å². The van der Waals surface area contributed by atoms with Crippen LogP contribution in [-0.2, 0) is 4.79 Å². The fraction of sp³-hybridized carbons (Fsp3) is 0.160. The minimum atomic E-state index is -0.402. The number of carbonyl (C=O) groups is 1. The molecule has 0 aliphatic rings. The van der Waals surface area contributed by atoms with Crippen molar-refractivity contribution >= 4 is 5.97 Å². The number of ether oxygens (including phenoxy) is 4. The molecule has 0 saturated carbocycles. The van der Waals surface area contributed by atoms with Crippen molar-refractivity contribution in [2.24, 2.45) is 0 Å². The van der Waals surface area contributed by atoms with Crippen LogP contribution >= 0.6 is 0 Å². The lowest BCUT2D eigenvalue weighted by Crippen LogP contribution is -2.07. The number of rotatable bonds is 6. The Morgan fingerprint density at radius 1 is 0.871 bits per heavy atom. The lowest BCUT2D eigenvalue weighted by atomic mass is 10.1. The summed E-state index contributed by atoms with van der Waals surface area (Å²) in [6.07, 6.45) is 0.208. The Labute approximate surface area is 181 Å². The van der Waals surface area contributed by atoms with Gasteiger partial charge < -0.3 is 24.1 Å². The third kappa shape index (κ3) is 5.49. The van der Waals surface area contributed by atoms with E-state index in [0.29, 0.717) is 34.1 Å². The standard InChI is InChI=1S/C25H22O6/c1-4-25(27)31-22-16-24(30-19-8-6-5-7-9-19)23(29-3)15-18(22)12-10-17-11-13-21(28-2)20(26)14-17/h5-9,11,13-16,26H,4H2,1-3H3. The third-order valence-electron chi connectivity index (χ3n) is 4.27. The number of phenols is 1. The van der Waals surface area contributed by atoms with Gasteiger partial charge in [0.05, 0.1) is 19.8 Å². The molecule has 0 amide bonds. The van der Waals surface area contributed by atoms with E-state index in [1.54, 1.807) is 43.3 Å². The molecular formula is C25H22O6. The van der Waals surface area contributed by atoms with Crippen molar-refractivity contribution in [3.63, 3.8) is 0 Å². The number of esters is 1. The molecule has 0 fully saturated rings. The van der Waals surface area contributed by atoms with E-state index in [2.05, 4.69) is 11.8 Å². The quantitative estimate of drug-likeness (QED) is 0.348. The first-order chi connectivity index (χ1) is 15.0. The van der Waals surface area contributed by atoms with Crippen molar-refractivity contribution in [3.05, 3.63) is 71.8 Å². The zero-order valence-electron chi connectivity index (χ0n) is 17.5. The van der Waals surface area contributed by atoms with E-state index in [4.69, 9.17) is 18.9 Å². The monoisotopic (exact) mass is 418 g/mol. The molecule has 3 rings (SSSR count). The molecule has 0 heterocycles. The molecule has 3 aromatic carbocycles. The fourth-order valence-corrected chi connectivity index (χ4v) is 2.68. The molecule has 158 valence electrons. The second-order valence-corrected chi connectivity index (χ2v) is 6.38. The molecule has 0 aliphatic heterocycles. The van der Waals surface area contributed by atoms with Crippen molar-refractivity contribution < 1.29 is 28.8 Å². The van der Waals surface area contributed by atoms with Crippen LogP contribution in [0, 0.1) is 11.8 Å². The van der Waals surface area contributed by atoms with Crippen molar-refractivity contribution in [1.82, 2.24) is 0 Å². The molecular weight excluding hydrogens is 396 g/mol. The summed E-state index contributed by atoms with van der Waals surface area (Å²) in [5.41, 5.74) is 1.00. The number of benzene rings is 3. The predicted molar refractivity (Wildman–Crippen MR) is 116 cm³/mol. The van der Waals surface area contributed by atoms with Gasteiger partial charge in [-0.15, -0.1) is 0 Å². The maximum absolute atomic E-state index is 12.0. The van der Waals surface area contributed by atoms with E-state index in [1.807, 2.05) is 18.2 Å². The lowest BCUT2D eigenvalue weighted by molar-refractivity contribution is -0.134. The Morgan fingerprint density at radius 2 is 1.61 bits per heavy atom. The van der Waals surface area contributed by atoms with Crippen LogP contribution in [0.1, 0.15) is 24.5 Å². The zero-order valence-corrected chi connectivity index (χ0v) is 17.5. The van der Waals surface area contributed by atoms with Crippen LogP contribution in [0.15, 0.2) is 60.7 Å². The van der Waals surface area contributed by atoms with Gasteiger partial charge in [-0.05, 0) is 30.3 Å². The summed E-state index contributed by atoms with van der Waals surface area (Å²) in [7, 11) is 2.99. The SMILES string of the molecule is CCC(=O)Oc1cc(Oc2ccccc2)c(OC)cc1C#Cc1ccc(OC)c(O)c1. The third-order valence-corrected chi connectivity index (χ3v) is 4.27. The normalized spacial score (nSPS) is 9.90. The summed E-state index contributed by atoms with van der Waals surface area (Å²) in [6.45, 7) is 1.71. The molecule has 31 heavy (non-hydrogen) atoms. The zero-order chi connectivity index (χ0) is 22.2. The number of phenolic OH excluding ortho intramolecular Hbond substituents is 1. The highest BCUT2D eigenvalue weighted by Gasteiger charge is 2.15. The van der Waals surface area contributed by atoms with E-state index >= 15 is 0 Å². The van der Waals surface area contributed by atoms with Gasteiger partial charge in [0.15, 0.2) is 23.0 Å². The highest BCUT2D eigenvalue weighted by Crippen LogP contribution is 2.37. The Hall–Kier alpha value is -4.11. The second-order valence-electron chi connectivity index (χ2n) is 6.38. The highest BCUT2D eigenvalue weighted by atomic mass is 16.5. The molecule has 0 unspecified atom stereocenters. The number of para-hydroxylation sites is 1. The minimum Gasteiger partial charge on any atom is -0.504 e. The van der Waals surface area contributed by atoms with Gasteiger partial charge in [-0.3, -0.25) is 4.79 Å². The minimum absolute atomic E-state index is 0.0175. The van der Waals surface area contributed by atoms with Gasteiger partial charge in [-0.2, -0.15) is 0 Å². The Morgan fingerprint density at radius 3 is 2.26 bits per heavy atom. The van der Waals surface area contributed by atoms with Gasteiger partial charge in [0.2, 0.25) is 0 Å². The smallest absolute Gasteiger partial charge is 0.310 e. The average molecular weight is 418 g/mol. The van der Waals surface area contributed by atoms with Crippen molar-refractivity contribution in [2.45, 2.75) is 13.3 Å². The second kappa shape index (κ2) is 10.1. The molecule has 6 heteroatoms. The van der Waals surface area contributed by atoms with Gasteiger partial charge in [-0.25, -0.2) is 0 Å². The molecule has 0 bridgehead atoms. The fourth-order valence-electron chi connectivity index (χ4n) is 2.68. The average Bonchev–Trinajstić information content (AvgIpc) is 2.79. The molecule has 0 saturated heterocycles. The number of hydrogen-bond acceptors (Lipinski definition) is 6. The first-order valence-electron chi connectivity index (χ1n) is 9.58. The molecule has 0 radical (unpaired) electrons. The van der Waals surface area contributed by atoms with Crippen LogP contribution in [0.2, 0.25) is 0 Å². The van der Waals surface area contributed by atoms with Gasteiger partial charge in [-0.1, -0.05) is 37.0 Å². The Kier molecular flexibility index (Phi) is 7.02. The molecule has 3 aromatic rings. The van der Waals surface area contributed by atoms with Gasteiger partial charge >= 0.3 is 5.97 Å². The van der Waals surface area contributed by atoms with Crippen LogP contribution in [-0.4, -0.2) is 25.3 Å². The van der Waals surface area contributed by atoms with Gasteiger partial charge in [0, 0.05) is 24.1 Å². The predicted octanol–water partition coefficient (Wildman–Crippen LogP) is 4.92. The molecule has 0 atom stereocenters. The van der Waals surface area contributed by atoms with Crippen molar-refractivity contribution in [2.75, 3.05) is 14.2 Å². The van der Waals surface area contributed by atoms with Crippen LogP contribution in [0.3, 0.4) is 0 Å². The summed E-state index contributed by atoms with van der Waals surface area (Å²) in [5.74, 6) is 7.55. The molecule has 0 spiro atoms. The number of aromatic hydroxyl groups is 1. The van der Waals surface area contributed by atoms with Crippen molar-refractivity contribution in [3.8, 4) is 46.3 Å². The maximum Gasteiger partial charge on any atom is 0.310 e. The lowest BCUT2D eigenvalue weighted by Gasteiger charge is -2.14. The molecule has 0 aliphatic carbocycles. The topological polar surface area (TPSA) is 74.2 Å². The molecule has 1 N–H and O–H groups in total. The number of carbonyl (C=O) groups excluding carboxylic acids is 1. The largest absolute Gasteiger partial charge is 0.504 e. The van der Waals surface area contributed by atoms with Crippen LogP contribution in [0.4, 0.5) is 0 Å². The first kappa shape index (κ1) is 21.6. The van der Waals surface area contributed by atoms with E-state index in [9.17, 15) is 9.90 Å². The first-order valence-corrected chi connectivity index (χ1v) is 9.58. The summed E-state index contributed by atoms with van der Waals surface area (Å²) < 4.78 is 21.9. The van der Waals surface area contributed by atoms with E-state index in [1.165, 1.54) is 20.3 Å².